The Hall–Kier alpha value is -1.43. The molecule has 6 heteroatoms. The van der Waals surface area contributed by atoms with Gasteiger partial charge in [0.1, 0.15) is 0 Å². The maximum atomic E-state index is 6.14. The minimum Gasteiger partial charge on any atom is -0.339 e. The second kappa shape index (κ2) is 5.91. The summed E-state index contributed by atoms with van der Waals surface area (Å²) < 4.78 is 5.35. The molecule has 0 bridgehead atoms. The highest BCUT2D eigenvalue weighted by molar-refractivity contribution is 6.31. The molecule has 1 aliphatic heterocycles. The normalized spacial score (nSPS) is 20.2. The van der Waals surface area contributed by atoms with E-state index in [1.54, 1.807) is 0 Å². The average Bonchev–Trinajstić information content (AvgIpc) is 2.90. The van der Waals surface area contributed by atoms with Crippen LogP contribution in [0, 0.1) is 0 Å². The molecule has 1 N–H and O–H groups in total. The van der Waals surface area contributed by atoms with Crippen LogP contribution in [0.1, 0.15) is 23.3 Å². The highest BCUT2D eigenvalue weighted by Crippen LogP contribution is 2.21. The molecule has 0 aliphatic carbocycles. The fourth-order valence-corrected chi connectivity index (χ4v) is 2.58. The van der Waals surface area contributed by atoms with Crippen LogP contribution in [-0.4, -0.2) is 41.7 Å². The lowest BCUT2D eigenvalue weighted by molar-refractivity contribution is 0.190. The lowest BCUT2D eigenvalue weighted by Gasteiger charge is -2.30. The van der Waals surface area contributed by atoms with Crippen LogP contribution in [0.5, 0.6) is 0 Å². The number of aromatic nitrogens is 2. The first-order chi connectivity index (χ1) is 9.74. The lowest BCUT2D eigenvalue weighted by Crippen LogP contribution is -2.44. The number of rotatable bonds is 3. The number of piperazine rings is 1. The minimum atomic E-state index is 0.174. The Bertz CT molecular complexity index is 586. The number of benzene rings is 1. The Morgan fingerprint density at radius 1 is 1.45 bits per heavy atom. The summed E-state index contributed by atoms with van der Waals surface area (Å²) in [5.74, 6) is 1.34. The predicted molar refractivity (Wildman–Crippen MR) is 76.8 cm³/mol. The molecule has 1 aromatic carbocycles. The van der Waals surface area contributed by atoms with Crippen molar-refractivity contribution in [3.63, 3.8) is 0 Å². The van der Waals surface area contributed by atoms with Crippen LogP contribution in [-0.2, 0) is 6.42 Å². The van der Waals surface area contributed by atoms with Crippen LogP contribution in [0.15, 0.2) is 28.8 Å². The molecule has 3 rings (SSSR count). The molecule has 2 heterocycles. The molecule has 0 radical (unpaired) electrons. The number of halogens is 1. The largest absolute Gasteiger partial charge is 0.339 e. The van der Waals surface area contributed by atoms with Gasteiger partial charge >= 0.3 is 0 Å². The summed E-state index contributed by atoms with van der Waals surface area (Å²) in [7, 11) is 2.08. The second-order valence-electron chi connectivity index (χ2n) is 5.02. The molecule has 0 saturated carbocycles. The number of nitrogens with zero attached hydrogens (tertiary/aromatic N) is 3. The molecule has 1 unspecified atom stereocenters. The molecule has 0 spiro atoms. The molecule has 1 aliphatic rings. The molecule has 1 fully saturated rings. The van der Waals surface area contributed by atoms with E-state index in [-0.39, 0.29) is 6.04 Å². The molecule has 2 aromatic rings. The first-order valence-corrected chi connectivity index (χ1v) is 7.08. The van der Waals surface area contributed by atoms with E-state index in [0.29, 0.717) is 12.3 Å². The Labute approximate surface area is 122 Å². The number of nitrogens with one attached hydrogen (secondary N) is 1. The molecule has 106 valence electrons. The molecule has 20 heavy (non-hydrogen) atoms. The van der Waals surface area contributed by atoms with Crippen LogP contribution < -0.4 is 5.32 Å². The summed E-state index contributed by atoms with van der Waals surface area (Å²) in [6, 6.07) is 7.88. The van der Waals surface area contributed by atoms with Crippen LogP contribution >= 0.6 is 11.6 Å². The van der Waals surface area contributed by atoms with Crippen molar-refractivity contribution in [2.24, 2.45) is 0 Å². The summed E-state index contributed by atoms with van der Waals surface area (Å²) in [6.07, 6.45) is 0.566. The van der Waals surface area contributed by atoms with Crippen molar-refractivity contribution in [1.82, 2.24) is 20.4 Å². The SMILES string of the molecule is CN1CCNCC1c1noc(Cc2ccccc2Cl)n1. The number of hydrogen-bond donors (Lipinski definition) is 1. The third-order valence-corrected chi connectivity index (χ3v) is 3.96. The zero-order valence-electron chi connectivity index (χ0n) is 11.3. The average molecular weight is 293 g/mol. The second-order valence-corrected chi connectivity index (χ2v) is 5.42. The summed E-state index contributed by atoms with van der Waals surface area (Å²) in [4.78, 5) is 6.74. The van der Waals surface area contributed by atoms with Crippen molar-refractivity contribution in [3.8, 4) is 0 Å². The Morgan fingerprint density at radius 2 is 2.30 bits per heavy atom. The standard InChI is InChI=1S/C14H17ClN4O/c1-19-7-6-16-9-12(19)14-17-13(20-18-14)8-10-4-2-3-5-11(10)15/h2-5,12,16H,6-9H2,1H3. The highest BCUT2D eigenvalue weighted by atomic mass is 35.5. The smallest absolute Gasteiger partial charge is 0.231 e. The lowest BCUT2D eigenvalue weighted by atomic mass is 10.1. The molecular weight excluding hydrogens is 276 g/mol. The van der Waals surface area contributed by atoms with Gasteiger partial charge in [0, 0.05) is 24.7 Å². The minimum absolute atomic E-state index is 0.174. The molecule has 5 nitrogen and oxygen atoms in total. The van der Waals surface area contributed by atoms with Gasteiger partial charge in [-0.25, -0.2) is 0 Å². The molecule has 1 saturated heterocycles. The van der Waals surface area contributed by atoms with Gasteiger partial charge in [-0.05, 0) is 18.7 Å². The topological polar surface area (TPSA) is 54.2 Å². The zero-order valence-corrected chi connectivity index (χ0v) is 12.1. The Kier molecular flexibility index (Phi) is 4.00. The van der Waals surface area contributed by atoms with Crippen molar-refractivity contribution >= 4 is 11.6 Å². The third-order valence-electron chi connectivity index (χ3n) is 3.59. The predicted octanol–water partition coefficient (Wildman–Crippen LogP) is 1.89. The Balaban J connectivity index is 1.75. The van der Waals surface area contributed by atoms with Crippen LogP contribution in [0.2, 0.25) is 5.02 Å². The van der Waals surface area contributed by atoms with E-state index in [9.17, 15) is 0 Å². The van der Waals surface area contributed by atoms with E-state index in [1.165, 1.54) is 0 Å². The summed E-state index contributed by atoms with van der Waals surface area (Å²) in [6.45, 7) is 2.83. The van der Waals surface area contributed by atoms with E-state index >= 15 is 0 Å². The van der Waals surface area contributed by atoms with E-state index < -0.39 is 0 Å². The molecule has 0 amide bonds. The van der Waals surface area contributed by atoms with Crippen LogP contribution in [0.4, 0.5) is 0 Å². The van der Waals surface area contributed by atoms with Crippen molar-refractivity contribution < 1.29 is 4.52 Å². The maximum Gasteiger partial charge on any atom is 0.231 e. The molecule has 1 atom stereocenters. The molecular formula is C14H17ClN4O. The van der Waals surface area contributed by atoms with Crippen LogP contribution in [0.25, 0.3) is 0 Å². The van der Waals surface area contributed by atoms with Gasteiger partial charge in [-0.2, -0.15) is 4.98 Å². The van der Waals surface area contributed by atoms with E-state index in [1.807, 2.05) is 24.3 Å². The monoisotopic (exact) mass is 292 g/mol. The maximum absolute atomic E-state index is 6.14. The highest BCUT2D eigenvalue weighted by Gasteiger charge is 2.25. The van der Waals surface area contributed by atoms with Gasteiger partial charge < -0.3 is 9.84 Å². The van der Waals surface area contributed by atoms with Gasteiger partial charge in [0.2, 0.25) is 5.89 Å². The van der Waals surface area contributed by atoms with Gasteiger partial charge in [-0.15, -0.1) is 0 Å². The summed E-state index contributed by atoms with van der Waals surface area (Å²) in [5.41, 5.74) is 1.000. The van der Waals surface area contributed by atoms with Crippen molar-refractivity contribution in [1.29, 1.82) is 0 Å². The van der Waals surface area contributed by atoms with Gasteiger partial charge in [0.05, 0.1) is 12.5 Å². The fourth-order valence-electron chi connectivity index (χ4n) is 2.37. The quantitative estimate of drug-likeness (QED) is 0.936. The van der Waals surface area contributed by atoms with E-state index in [2.05, 4.69) is 27.4 Å². The van der Waals surface area contributed by atoms with Gasteiger partial charge in [-0.3, -0.25) is 4.90 Å². The number of hydrogen-bond acceptors (Lipinski definition) is 5. The van der Waals surface area contributed by atoms with Gasteiger partial charge in [-0.1, -0.05) is 35.0 Å². The summed E-state index contributed by atoms with van der Waals surface area (Å²) >= 11 is 6.14. The van der Waals surface area contributed by atoms with Gasteiger partial charge in [0.25, 0.3) is 0 Å². The van der Waals surface area contributed by atoms with E-state index in [0.717, 1.165) is 36.0 Å². The fraction of sp³-hybridized carbons (Fsp3) is 0.429. The van der Waals surface area contributed by atoms with Crippen molar-refractivity contribution in [2.45, 2.75) is 12.5 Å². The van der Waals surface area contributed by atoms with Gasteiger partial charge in [0.15, 0.2) is 5.82 Å². The third kappa shape index (κ3) is 2.85. The van der Waals surface area contributed by atoms with E-state index in [4.69, 9.17) is 16.1 Å². The zero-order chi connectivity index (χ0) is 13.9. The first kappa shape index (κ1) is 13.5. The number of likely N-dealkylation sites (N-methyl/N-ethyl adjacent to an activating group) is 1. The molecule has 1 aromatic heterocycles. The first-order valence-electron chi connectivity index (χ1n) is 6.71. The summed E-state index contributed by atoms with van der Waals surface area (Å²) in [5, 5.41) is 8.18. The Morgan fingerprint density at radius 3 is 3.10 bits per heavy atom. The van der Waals surface area contributed by atoms with Crippen molar-refractivity contribution in [3.05, 3.63) is 46.6 Å². The van der Waals surface area contributed by atoms with Crippen molar-refractivity contribution in [2.75, 3.05) is 26.7 Å². The van der Waals surface area contributed by atoms with Crippen LogP contribution in [0.3, 0.4) is 0 Å².